The molecule has 0 aliphatic carbocycles. The largest absolute Gasteiger partial charge is 0.313 e. The summed E-state index contributed by atoms with van der Waals surface area (Å²) in [6.45, 7) is 10.5. The van der Waals surface area contributed by atoms with Gasteiger partial charge in [-0.15, -0.1) is 0 Å². The van der Waals surface area contributed by atoms with Crippen LogP contribution in [0.25, 0.3) is 0 Å². The maximum Gasteiger partial charge on any atom is 0.0158 e. The van der Waals surface area contributed by atoms with Crippen molar-refractivity contribution in [3.8, 4) is 0 Å². The van der Waals surface area contributed by atoms with Gasteiger partial charge in [-0.1, -0.05) is 27.7 Å². The average molecular weight is 215 g/mol. The van der Waals surface area contributed by atoms with Crippen molar-refractivity contribution in [2.75, 3.05) is 18.1 Å². The highest BCUT2D eigenvalue weighted by molar-refractivity contribution is 7.99. The first-order valence-corrected chi connectivity index (χ1v) is 6.97. The first kappa shape index (κ1) is 12.4. The molecular formula is C12H25NS. The van der Waals surface area contributed by atoms with Crippen molar-refractivity contribution in [1.82, 2.24) is 5.32 Å². The second-order valence-corrected chi connectivity index (χ2v) is 6.74. The molecule has 14 heavy (non-hydrogen) atoms. The summed E-state index contributed by atoms with van der Waals surface area (Å²) in [6, 6.07) is 0.776. The van der Waals surface area contributed by atoms with Crippen molar-refractivity contribution < 1.29 is 0 Å². The summed E-state index contributed by atoms with van der Waals surface area (Å²) in [4.78, 5) is 0. The van der Waals surface area contributed by atoms with Crippen molar-refractivity contribution >= 4 is 11.8 Å². The molecule has 0 spiro atoms. The van der Waals surface area contributed by atoms with Gasteiger partial charge < -0.3 is 5.32 Å². The normalized spacial score (nSPS) is 26.1. The molecule has 84 valence electrons. The van der Waals surface area contributed by atoms with Gasteiger partial charge in [-0.3, -0.25) is 0 Å². The third-order valence-electron chi connectivity index (χ3n) is 3.35. The van der Waals surface area contributed by atoms with Crippen molar-refractivity contribution in [3.63, 3.8) is 0 Å². The SMILES string of the molecule is CC(CNC1CCCSC1)C(C)(C)C. The lowest BCUT2D eigenvalue weighted by molar-refractivity contribution is 0.245. The predicted octanol–water partition coefficient (Wildman–Crippen LogP) is 3.15. The third kappa shape index (κ3) is 4.22. The summed E-state index contributed by atoms with van der Waals surface area (Å²) in [6.07, 6.45) is 2.77. The van der Waals surface area contributed by atoms with E-state index in [1.807, 2.05) is 0 Å². The van der Waals surface area contributed by atoms with Crippen LogP contribution < -0.4 is 5.32 Å². The van der Waals surface area contributed by atoms with Gasteiger partial charge in [0.05, 0.1) is 0 Å². The summed E-state index contributed by atoms with van der Waals surface area (Å²) in [5.41, 5.74) is 0.439. The van der Waals surface area contributed by atoms with E-state index in [1.165, 1.54) is 30.9 Å². The van der Waals surface area contributed by atoms with Gasteiger partial charge in [0.1, 0.15) is 0 Å². The Labute approximate surface area is 93.4 Å². The molecule has 1 heterocycles. The molecule has 1 N–H and O–H groups in total. The van der Waals surface area contributed by atoms with E-state index in [0.29, 0.717) is 5.41 Å². The van der Waals surface area contributed by atoms with Crippen molar-refractivity contribution in [1.29, 1.82) is 0 Å². The molecule has 1 aliphatic heterocycles. The smallest absolute Gasteiger partial charge is 0.0158 e. The molecule has 1 aliphatic rings. The van der Waals surface area contributed by atoms with Gasteiger partial charge in [0.15, 0.2) is 0 Å². The minimum atomic E-state index is 0.439. The lowest BCUT2D eigenvalue weighted by Gasteiger charge is -2.30. The lowest BCUT2D eigenvalue weighted by atomic mass is 9.82. The minimum absolute atomic E-state index is 0.439. The third-order valence-corrected chi connectivity index (χ3v) is 4.57. The minimum Gasteiger partial charge on any atom is -0.313 e. The number of nitrogens with one attached hydrogen (secondary N) is 1. The Bertz CT molecular complexity index is 156. The Morgan fingerprint density at radius 1 is 1.43 bits per heavy atom. The average Bonchev–Trinajstić information content (AvgIpc) is 2.14. The standard InChI is InChI=1S/C12H25NS/c1-10(12(2,3)4)8-13-11-6-5-7-14-9-11/h10-11,13H,5-9H2,1-4H3. The predicted molar refractivity (Wildman–Crippen MR) is 67.0 cm³/mol. The fourth-order valence-electron chi connectivity index (χ4n) is 1.55. The van der Waals surface area contributed by atoms with Gasteiger partial charge in [0.2, 0.25) is 0 Å². The summed E-state index contributed by atoms with van der Waals surface area (Å²) < 4.78 is 0. The highest BCUT2D eigenvalue weighted by Gasteiger charge is 2.21. The molecule has 2 atom stereocenters. The first-order valence-electron chi connectivity index (χ1n) is 5.81. The molecule has 0 saturated carbocycles. The highest BCUT2D eigenvalue weighted by Crippen LogP contribution is 2.25. The highest BCUT2D eigenvalue weighted by atomic mass is 32.2. The van der Waals surface area contributed by atoms with E-state index in [-0.39, 0.29) is 0 Å². The van der Waals surface area contributed by atoms with E-state index in [2.05, 4.69) is 44.8 Å². The van der Waals surface area contributed by atoms with Crippen LogP contribution in [-0.2, 0) is 0 Å². The van der Waals surface area contributed by atoms with Crippen LogP contribution in [0.15, 0.2) is 0 Å². The van der Waals surface area contributed by atoms with E-state index in [0.717, 1.165) is 12.0 Å². The zero-order valence-corrected chi connectivity index (χ0v) is 10.9. The molecule has 2 heteroatoms. The van der Waals surface area contributed by atoms with Gasteiger partial charge in [0.25, 0.3) is 0 Å². The Kier molecular flexibility index (Phi) is 4.78. The quantitative estimate of drug-likeness (QED) is 0.776. The summed E-state index contributed by atoms with van der Waals surface area (Å²) in [5.74, 6) is 3.44. The Hall–Kier alpha value is 0.310. The molecule has 2 unspecified atom stereocenters. The fraction of sp³-hybridized carbons (Fsp3) is 1.00. The van der Waals surface area contributed by atoms with Crippen molar-refractivity contribution in [2.45, 2.75) is 46.6 Å². The fourth-order valence-corrected chi connectivity index (χ4v) is 2.66. The number of thioether (sulfide) groups is 1. The molecule has 0 aromatic rings. The molecule has 0 amide bonds. The van der Waals surface area contributed by atoms with E-state index in [9.17, 15) is 0 Å². The van der Waals surface area contributed by atoms with Gasteiger partial charge in [-0.2, -0.15) is 11.8 Å². The van der Waals surface area contributed by atoms with Crippen LogP contribution in [0.2, 0.25) is 0 Å². The summed E-state index contributed by atoms with van der Waals surface area (Å²) in [7, 11) is 0. The van der Waals surface area contributed by atoms with Crippen LogP contribution in [0, 0.1) is 11.3 Å². The molecular weight excluding hydrogens is 190 g/mol. The van der Waals surface area contributed by atoms with Crippen molar-refractivity contribution in [3.05, 3.63) is 0 Å². The van der Waals surface area contributed by atoms with E-state index >= 15 is 0 Å². The summed E-state index contributed by atoms with van der Waals surface area (Å²) in [5, 5.41) is 3.71. The molecule has 1 nitrogen and oxygen atoms in total. The van der Waals surface area contributed by atoms with E-state index in [1.54, 1.807) is 0 Å². The molecule has 0 aromatic carbocycles. The zero-order valence-electron chi connectivity index (χ0n) is 10.1. The molecule has 1 saturated heterocycles. The van der Waals surface area contributed by atoms with E-state index in [4.69, 9.17) is 0 Å². The van der Waals surface area contributed by atoms with Crippen LogP contribution >= 0.6 is 11.8 Å². The lowest BCUT2D eigenvalue weighted by Crippen LogP contribution is -2.39. The second kappa shape index (κ2) is 5.41. The van der Waals surface area contributed by atoms with E-state index < -0.39 is 0 Å². The van der Waals surface area contributed by atoms with Crippen LogP contribution in [-0.4, -0.2) is 24.1 Å². The molecule has 0 bridgehead atoms. The Morgan fingerprint density at radius 2 is 2.14 bits per heavy atom. The van der Waals surface area contributed by atoms with Gasteiger partial charge in [-0.05, 0) is 36.5 Å². The van der Waals surface area contributed by atoms with Crippen LogP contribution in [0.3, 0.4) is 0 Å². The monoisotopic (exact) mass is 215 g/mol. The number of hydrogen-bond donors (Lipinski definition) is 1. The molecule has 1 rings (SSSR count). The second-order valence-electron chi connectivity index (χ2n) is 5.59. The number of hydrogen-bond acceptors (Lipinski definition) is 2. The molecule has 0 aromatic heterocycles. The Balaban J connectivity index is 2.19. The summed E-state index contributed by atoms with van der Waals surface area (Å²) >= 11 is 2.10. The van der Waals surface area contributed by atoms with Gasteiger partial charge in [0, 0.05) is 11.8 Å². The van der Waals surface area contributed by atoms with Crippen LogP contribution in [0.4, 0.5) is 0 Å². The van der Waals surface area contributed by atoms with Gasteiger partial charge in [-0.25, -0.2) is 0 Å². The zero-order chi connectivity index (χ0) is 10.6. The first-order chi connectivity index (χ1) is 6.50. The molecule has 1 fully saturated rings. The van der Waals surface area contributed by atoms with Crippen LogP contribution in [0.5, 0.6) is 0 Å². The van der Waals surface area contributed by atoms with Crippen LogP contribution in [0.1, 0.15) is 40.5 Å². The maximum absolute atomic E-state index is 3.71. The Morgan fingerprint density at radius 3 is 2.64 bits per heavy atom. The van der Waals surface area contributed by atoms with Gasteiger partial charge >= 0.3 is 0 Å². The maximum atomic E-state index is 3.71. The topological polar surface area (TPSA) is 12.0 Å². The van der Waals surface area contributed by atoms with Crippen molar-refractivity contribution in [2.24, 2.45) is 11.3 Å². The number of rotatable bonds is 3. The molecule has 0 radical (unpaired) electrons.